The van der Waals surface area contributed by atoms with E-state index in [0.29, 0.717) is 23.2 Å². The summed E-state index contributed by atoms with van der Waals surface area (Å²) < 4.78 is 13.5. The molecule has 0 aromatic heterocycles. The number of hydrogen-bond donors (Lipinski definition) is 1. The smallest absolute Gasteiger partial charge is 0.127 e. The molecule has 0 radical (unpaired) electrons. The molecule has 1 nitrogen and oxygen atoms in total. The Bertz CT molecular complexity index is 426. The van der Waals surface area contributed by atoms with E-state index >= 15 is 0 Å². The molecule has 0 bridgehead atoms. The van der Waals surface area contributed by atoms with Crippen LogP contribution in [0, 0.1) is 16.6 Å². The lowest BCUT2D eigenvalue weighted by Gasteiger charge is -2.08. The lowest BCUT2D eigenvalue weighted by atomic mass is 10.0. The van der Waals surface area contributed by atoms with Gasteiger partial charge in [0.25, 0.3) is 0 Å². The lowest BCUT2D eigenvalue weighted by molar-refractivity contribution is 0.457. The van der Waals surface area contributed by atoms with Gasteiger partial charge in [-0.25, -0.2) is 4.39 Å². The van der Waals surface area contributed by atoms with Gasteiger partial charge in [-0.2, -0.15) is 0 Å². The highest BCUT2D eigenvalue weighted by molar-refractivity contribution is 6.30. The number of benzene rings is 1. The van der Waals surface area contributed by atoms with Crippen LogP contribution in [-0.4, -0.2) is 6.04 Å². The predicted molar refractivity (Wildman–Crippen MR) is 69.6 cm³/mol. The van der Waals surface area contributed by atoms with Gasteiger partial charge in [0.05, 0.1) is 0 Å². The van der Waals surface area contributed by atoms with Gasteiger partial charge in [0.1, 0.15) is 5.82 Å². The third-order valence-electron chi connectivity index (χ3n) is 4.53. The fraction of sp³-hybridized carbons (Fsp3) is 0.571. The molecule has 0 saturated heterocycles. The maximum atomic E-state index is 13.5. The van der Waals surface area contributed by atoms with E-state index in [4.69, 9.17) is 11.6 Å². The van der Waals surface area contributed by atoms with Crippen molar-refractivity contribution in [3.05, 3.63) is 34.6 Å². The summed E-state index contributed by atoms with van der Waals surface area (Å²) in [5.41, 5.74) is 1.17. The monoisotopic (exact) mass is 255 g/mol. The average Bonchev–Trinajstić information content (AvgIpc) is 2.60. The highest BCUT2D eigenvalue weighted by atomic mass is 35.5. The van der Waals surface area contributed by atoms with Crippen LogP contribution in [0.3, 0.4) is 0 Å². The lowest BCUT2D eigenvalue weighted by Crippen LogP contribution is -2.22. The molecule has 94 valence electrons. The Kier molecular flexibility index (Phi) is 2.99. The van der Waals surface area contributed by atoms with E-state index in [1.807, 2.05) is 0 Å². The number of hydrogen-bond acceptors (Lipinski definition) is 1. The van der Waals surface area contributed by atoms with Crippen molar-refractivity contribution in [1.29, 1.82) is 0 Å². The summed E-state index contributed by atoms with van der Waals surface area (Å²) in [6.07, 6.45) is 0. The normalized spacial score (nSPS) is 21.5. The van der Waals surface area contributed by atoms with Crippen molar-refractivity contribution in [1.82, 2.24) is 5.32 Å². The minimum atomic E-state index is -0.196. The second-order valence-corrected chi connectivity index (χ2v) is 6.43. The molecule has 0 heterocycles. The van der Waals surface area contributed by atoms with E-state index in [2.05, 4.69) is 33.0 Å². The Morgan fingerprint density at radius 3 is 2.35 bits per heavy atom. The van der Waals surface area contributed by atoms with Crippen LogP contribution >= 0.6 is 11.6 Å². The van der Waals surface area contributed by atoms with Crippen molar-refractivity contribution in [3.8, 4) is 0 Å². The summed E-state index contributed by atoms with van der Waals surface area (Å²) >= 11 is 5.87. The molecule has 1 fully saturated rings. The number of halogens is 2. The molecule has 0 atom stereocenters. The molecule has 0 unspecified atom stereocenters. The highest BCUT2D eigenvalue weighted by Gasteiger charge is 2.64. The van der Waals surface area contributed by atoms with Crippen LogP contribution in [0.1, 0.15) is 33.3 Å². The molecule has 1 aliphatic rings. The first kappa shape index (κ1) is 12.8. The molecule has 2 rings (SSSR count). The van der Waals surface area contributed by atoms with Crippen LogP contribution in [0.2, 0.25) is 5.02 Å². The average molecular weight is 256 g/mol. The maximum Gasteiger partial charge on any atom is 0.127 e. The quantitative estimate of drug-likeness (QED) is 0.861. The first-order valence-corrected chi connectivity index (χ1v) is 6.32. The molecular formula is C14H19ClFN. The van der Waals surface area contributed by atoms with Crippen molar-refractivity contribution < 1.29 is 4.39 Å². The van der Waals surface area contributed by atoms with Crippen LogP contribution in [0.4, 0.5) is 4.39 Å². The van der Waals surface area contributed by atoms with Crippen LogP contribution < -0.4 is 5.32 Å². The standard InChI is InChI=1S/C14H19ClFN/c1-13(2)12(14(13,3)4)17-8-9-7-10(15)5-6-11(9)16/h5-7,12,17H,8H2,1-4H3. The van der Waals surface area contributed by atoms with Gasteiger partial charge < -0.3 is 5.32 Å². The maximum absolute atomic E-state index is 13.5. The molecule has 3 heteroatoms. The third kappa shape index (κ3) is 2.09. The number of rotatable bonds is 3. The molecule has 1 N–H and O–H groups in total. The minimum absolute atomic E-state index is 0.196. The van der Waals surface area contributed by atoms with Gasteiger partial charge in [0, 0.05) is 23.2 Å². The van der Waals surface area contributed by atoms with Crippen molar-refractivity contribution in [2.75, 3.05) is 0 Å². The molecule has 17 heavy (non-hydrogen) atoms. The second-order valence-electron chi connectivity index (χ2n) is 5.99. The molecular weight excluding hydrogens is 237 g/mol. The molecule has 1 aromatic rings. The fourth-order valence-electron chi connectivity index (χ4n) is 2.60. The van der Waals surface area contributed by atoms with Gasteiger partial charge in [-0.05, 0) is 29.0 Å². The Balaban J connectivity index is 2.03. The zero-order valence-electron chi connectivity index (χ0n) is 10.8. The molecule has 0 spiro atoms. The summed E-state index contributed by atoms with van der Waals surface area (Å²) in [5, 5.41) is 4.00. The van der Waals surface area contributed by atoms with E-state index in [-0.39, 0.29) is 16.6 Å². The number of nitrogens with one attached hydrogen (secondary N) is 1. The Morgan fingerprint density at radius 1 is 1.24 bits per heavy atom. The second kappa shape index (κ2) is 3.96. The van der Waals surface area contributed by atoms with Crippen molar-refractivity contribution >= 4 is 11.6 Å². The summed E-state index contributed by atoms with van der Waals surface area (Å²) in [6.45, 7) is 9.47. The molecule has 1 saturated carbocycles. The van der Waals surface area contributed by atoms with Gasteiger partial charge in [-0.15, -0.1) is 0 Å². The predicted octanol–water partition coefficient (Wildman–Crippen LogP) is 4.00. The van der Waals surface area contributed by atoms with Crippen molar-refractivity contribution in [2.24, 2.45) is 10.8 Å². The van der Waals surface area contributed by atoms with E-state index in [1.54, 1.807) is 12.1 Å². The molecule has 1 aromatic carbocycles. The molecule has 0 amide bonds. The van der Waals surface area contributed by atoms with Gasteiger partial charge in [-0.1, -0.05) is 39.3 Å². The van der Waals surface area contributed by atoms with E-state index < -0.39 is 0 Å². The Labute approximate surface area is 107 Å². The van der Waals surface area contributed by atoms with Crippen LogP contribution in [0.5, 0.6) is 0 Å². The van der Waals surface area contributed by atoms with Crippen LogP contribution in [-0.2, 0) is 6.54 Å². The van der Waals surface area contributed by atoms with E-state index in [0.717, 1.165) is 0 Å². The Hall–Kier alpha value is -0.600. The first-order chi connectivity index (χ1) is 7.76. The topological polar surface area (TPSA) is 12.0 Å². The summed E-state index contributed by atoms with van der Waals surface area (Å²) in [7, 11) is 0. The highest BCUT2D eigenvalue weighted by Crippen LogP contribution is 2.62. The van der Waals surface area contributed by atoms with Gasteiger partial charge in [0.2, 0.25) is 0 Å². The molecule has 1 aliphatic carbocycles. The Morgan fingerprint density at radius 2 is 1.82 bits per heavy atom. The van der Waals surface area contributed by atoms with E-state index in [9.17, 15) is 4.39 Å². The van der Waals surface area contributed by atoms with Gasteiger partial charge >= 0.3 is 0 Å². The van der Waals surface area contributed by atoms with Crippen molar-refractivity contribution in [2.45, 2.75) is 40.3 Å². The first-order valence-electron chi connectivity index (χ1n) is 5.94. The van der Waals surface area contributed by atoms with Crippen LogP contribution in [0.25, 0.3) is 0 Å². The zero-order chi connectivity index (χ0) is 12.8. The SMILES string of the molecule is CC1(C)C(NCc2cc(Cl)ccc2F)C1(C)C. The summed E-state index contributed by atoms with van der Waals surface area (Å²) in [6, 6.07) is 5.11. The third-order valence-corrected chi connectivity index (χ3v) is 4.76. The van der Waals surface area contributed by atoms with E-state index in [1.165, 1.54) is 6.07 Å². The van der Waals surface area contributed by atoms with Crippen molar-refractivity contribution in [3.63, 3.8) is 0 Å². The zero-order valence-corrected chi connectivity index (χ0v) is 11.5. The fourth-order valence-corrected chi connectivity index (χ4v) is 2.79. The summed E-state index contributed by atoms with van der Waals surface area (Å²) in [4.78, 5) is 0. The summed E-state index contributed by atoms with van der Waals surface area (Å²) in [5.74, 6) is -0.196. The van der Waals surface area contributed by atoms with Gasteiger partial charge in [0.15, 0.2) is 0 Å². The molecule has 0 aliphatic heterocycles. The largest absolute Gasteiger partial charge is 0.309 e. The van der Waals surface area contributed by atoms with Gasteiger partial charge in [-0.3, -0.25) is 0 Å². The van der Waals surface area contributed by atoms with Crippen LogP contribution in [0.15, 0.2) is 18.2 Å². The minimum Gasteiger partial charge on any atom is -0.309 e.